The molecule has 10 heteroatoms. The maximum Gasteiger partial charge on any atom is 0.416 e. The molecule has 3 aromatic rings. The summed E-state index contributed by atoms with van der Waals surface area (Å²) in [5.74, 6) is 0.239. The third-order valence-electron chi connectivity index (χ3n) is 7.70. The number of likely N-dealkylation sites (tertiary alicyclic amines) is 1. The van der Waals surface area contributed by atoms with Crippen LogP contribution in [0, 0.1) is 11.3 Å². The first-order chi connectivity index (χ1) is 19.8. The Morgan fingerprint density at radius 1 is 0.976 bits per heavy atom. The van der Waals surface area contributed by atoms with Gasteiger partial charge in [0.1, 0.15) is 6.10 Å². The molecule has 0 bridgehead atoms. The largest absolute Gasteiger partial charge is 0.474 e. The SMILES string of the molecule is N#Cc1ccc(CN2CCC(NC(=O)c3ccnc(OC4CCN(c5ccc(C(F)(F)F)cc5)CC4)c3)CC2)cc1. The molecule has 2 aliphatic heterocycles. The molecule has 1 amide bonds. The number of amides is 1. The molecule has 0 atom stereocenters. The summed E-state index contributed by atoms with van der Waals surface area (Å²) >= 11 is 0. The number of alkyl halides is 3. The molecule has 0 spiro atoms. The normalized spacial score (nSPS) is 17.2. The predicted octanol–water partition coefficient (Wildman–Crippen LogP) is 5.41. The van der Waals surface area contributed by atoms with E-state index in [4.69, 9.17) is 10.00 Å². The van der Waals surface area contributed by atoms with E-state index in [0.717, 1.165) is 50.3 Å². The second kappa shape index (κ2) is 12.6. The van der Waals surface area contributed by atoms with Gasteiger partial charge in [-0.2, -0.15) is 18.4 Å². The number of halogens is 3. The third kappa shape index (κ3) is 7.55. The van der Waals surface area contributed by atoms with Gasteiger partial charge in [0.15, 0.2) is 0 Å². The monoisotopic (exact) mass is 563 g/mol. The number of anilines is 1. The van der Waals surface area contributed by atoms with Gasteiger partial charge in [0.2, 0.25) is 5.88 Å². The highest BCUT2D eigenvalue weighted by atomic mass is 19.4. The van der Waals surface area contributed by atoms with E-state index in [0.29, 0.717) is 42.9 Å². The van der Waals surface area contributed by atoms with E-state index in [9.17, 15) is 18.0 Å². The Labute approximate surface area is 237 Å². The summed E-state index contributed by atoms with van der Waals surface area (Å²) in [5, 5.41) is 12.1. The molecule has 1 aromatic heterocycles. The van der Waals surface area contributed by atoms with Gasteiger partial charge >= 0.3 is 6.18 Å². The predicted molar refractivity (Wildman–Crippen MR) is 148 cm³/mol. The number of hydrogen-bond acceptors (Lipinski definition) is 6. The number of carbonyl (C=O) groups is 1. The molecule has 214 valence electrons. The zero-order valence-electron chi connectivity index (χ0n) is 22.6. The van der Waals surface area contributed by atoms with E-state index in [1.807, 2.05) is 29.2 Å². The summed E-state index contributed by atoms with van der Waals surface area (Å²) in [6, 6.07) is 18.4. The Morgan fingerprint density at radius 3 is 2.29 bits per heavy atom. The lowest BCUT2D eigenvalue weighted by atomic mass is 10.0. The summed E-state index contributed by atoms with van der Waals surface area (Å²) in [5.41, 5.74) is 2.42. The van der Waals surface area contributed by atoms with Crippen molar-refractivity contribution in [1.29, 1.82) is 5.26 Å². The van der Waals surface area contributed by atoms with Crippen LogP contribution in [0.3, 0.4) is 0 Å². The van der Waals surface area contributed by atoms with E-state index in [-0.39, 0.29) is 18.1 Å². The highest BCUT2D eigenvalue weighted by Crippen LogP contribution is 2.31. The molecule has 41 heavy (non-hydrogen) atoms. The molecule has 1 N–H and O–H groups in total. The number of rotatable bonds is 7. The topological polar surface area (TPSA) is 81.5 Å². The molecular weight excluding hydrogens is 531 g/mol. The smallest absolute Gasteiger partial charge is 0.416 e. The van der Waals surface area contributed by atoms with Crippen molar-refractivity contribution in [3.63, 3.8) is 0 Å². The number of ether oxygens (including phenoxy) is 1. The summed E-state index contributed by atoms with van der Waals surface area (Å²) in [7, 11) is 0. The summed E-state index contributed by atoms with van der Waals surface area (Å²) in [6.07, 6.45) is 0.236. The standard InChI is InChI=1S/C31H32F3N5O2/c32-31(33,34)25-5-7-27(8-6-25)39-17-12-28(13-18-39)41-29-19-24(9-14-36-29)30(40)37-26-10-15-38(16-11-26)21-23-3-1-22(20-35)2-4-23/h1-9,14,19,26,28H,10-13,15-18,21H2,(H,37,40). The molecule has 2 fully saturated rings. The van der Waals surface area contributed by atoms with Crippen molar-refractivity contribution in [1.82, 2.24) is 15.2 Å². The Hall–Kier alpha value is -4.10. The molecule has 5 rings (SSSR count). The van der Waals surface area contributed by atoms with Crippen molar-refractivity contribution in [3.8, 4) is 11.9 Å². The molecule has 0 saturated carbocycles. The lowest BCUT2D eigenvalue weighted by molar-refractivity contribution is -0.137. The summed E-state index contributed by atoms with van der Waals surface area (Å²) < 4.78 is 44.6. The van der Waals surface area contributed by atoms with Crippen molar-refractivity contribution in [2.75, 3.05) is 31.1 Å². The number of nitrogens with zero attached hydrogens (tertiary/aromatic N) is 4. The second-order valence-corrected chi connectivity index (χ2v) is 10.6. The first kappa shape index (κ1) is 28.4. The van der Waals surface area contributed by atoms with E-state index < -0.39 is 11.7 Å². The first-order valence-corrected chi connectivity index (χ1v) is 13.8. The second-order valence-electron chi connectivity index (χ2n) is 10.6. The number of hydrogen-bond donors (Lipinski definition) is 1. The van der Waals surface area contributed by atoms with Crippen molar-refractivity contribution >= 4 is 11.6 Å². The van der Waals surface area contributed by atoms with E-state index in [2.05, 4.69) is 21.3 Å². The lowest BCUT2D eigenvalue weighted by Gasteiger charge is -2.33. The Bertz CT molecular complexity index is 1360. The zero-order valence-corrected chi connectivity index (χ0v) is 22.6. The van der Waals surface area contributed by atoms with Crippen LogP contribution in [-0.2, 0) is 12.7 Å². The van der Waals surface area contributed by atoms with Gasteiger partial charge in [0, 0.05) is 75.1 Å². The van der Waals surface area contributed by atoms with Crippen LogP contribution >= 0.6 is 0 Å². The molecule has 7 nitrogen and oxygen atoms in total. The Balaban J connectivity index is 1.07. The minimum Gasteiger partial charge on any atom is -0.474 e. The van der Waals surface area contributed by atoms with Crippen LogP contribution in [0.25, 0.3) is 0 Å². The van der Waals surface area contributed by atoms with Crippen LogP contribution in [-0.4, -0.2) is 54.1 Å². The molecule has 0 unspecified atom stereocenters. The minimum absolute atomic E-state index is 0.0896. The van der Waals surface area contributed by atoms with E-state index in [1.165, 1.54) is 17.7 Å². The molecule has 0 radical (unpaired) electrons. The maximum absolute atomic E-state index is 13.0. The number of nitrogens with one attached hydrogen (secondary N) is 1. The van der Waals surface area contributed by atoms with Crippen LogP contribution in [0.1, 0.15) is 52.7 Å². The third-order valence-corrected chi connectivity index (χ3v) is 7.70. The number of benzene rings is 2. The maximum atomic E-state index is 13.0. The van der Waals surface area contributed by atoms with Gasteiger partial charge in [0.25, 0.3) is 5.91 Å². The Kier molecular flexibility index (Phi) is 8.74. The fourth-order valence-corrected chi connectivity index (χ4v) is 5.33. The van der Waals surface area contributed by atoms with Crippen LogP contribution in [0.5, 0.6) is 5.88 Å². The minimum atomic E-state index is -4.34. The molecular formula is C31H32F3N5O2. The van der Waals surface area contributed by atoms with Crippen LogP contribution in [0.2, 0.25) is 0 Å². The van der Waals surface area contributed by atoms with Gasteiger partial charge in [-0.05, 0) is 60.9 Å². The van der Waals surface area contributed by atoms with Gasteiger partial charge in [-0.25, -0.2) is 4.98 Å². The number of piperidine rings is 2. The van der Waals surface area contributed by atoms with Crippen molar-refractivity contribution < 1.29 is 22.7 Å². The van der Waals surface area contributed by atoms with Crippen LogP contribution in [0.15, 0.2) is 66.9 Å². The molecule has 2 aliphatic rings. The van der Waals surface area contributed by atoms with Crippen molar-refractivity contribution in [3.05, 3.63) is 89.1 Å². The fraction of sp³-hybridized carbons (Fsp3) is 0.387. The first-order valence-electron chi connectivity index (χ1n) is 13.8. The highest BCUT2D eigenvalue weighted by Gasteiger charge is 2.30. The Morgan fingerprint density at radius 2 is 1.66 bits per heavy atom. The lowest BCUT2D eigenvalue weighted by Crippen LogP contribution is -2.44. The molecule has 3 heterocycles. The molecule has 2 aromatic carbocycles. The summed E-state index contributed by atoms with van der Waals surface area (Å²) in [4.78, 5) is 21.7. The van der Waals surface area contributed by atoms with Crippen molar-refractivity contribution in [2.45, 2.75) is 50.6 Å². The quantitative estimate of drug-likeness (QED) is 0.414. The van der Waals surface area contributed by atoms with E-state index >= 15 is 0 Å². The average molecular weight is 564 g/mol. The fourth-order valence-electron chi connectivity index (χ4n) is 5.33. The van der Waals surface area contributed by atoms with E-state index in [1.54, 1.807) is 18.3 Å². The number of aromatic nitrogens is 1. The van der Waals surface area contributed by atoms with Crippen LogP contribution < -0.4 is 15.0 Å². The van der Waals surface area contributed by atoms with Gasteiger partial charge in [-0.15, -0.1) is 0 Å². The molecule has 0 aliphatic carbocycles. The van der Waals surface area contributed by atoms with Crippen LogP contribution in [0.4, 0.5) is 18.9 Å². The van der Waals surface area contributed by atoms with Gasteiger partial charge in [-0.1, -0.05) is 12.1 Å². The number of nitriles is 1. The number of pyridine rings is 1. The summed E-state index contributed by atoms with van der Waals surface area (Å²) in [6.45, 7) is 3.88. The number of carbonyl (C=O) groups excluding carboxylic acids is 1. The highest BCUT2D eigenvalue weighted by molar-refractivity contribution is 5.94. The molecule has 2 saturated heterocycles. The zero-order chi connectivity index (χ0) is 28.8. The average Bonchev–Trinajstić information content (AvgIpc) is 2.99. The van der Waals surface area contributed by atoms with Gasteiger partial charge < -0.3 is 15.0 Å². The van der Waals surface area contributed by atoms with Gasteiger partial charge in [0.05, 0.1) is 17.2 Å². The van der Waals surface area contributed by atoms with Crippen molar-refractivity contribution in [2.24, 2.45) is 0 Å². The van der Waals surface area contributed by atoms with Gasteiger partial charge in [-0.3, -0.25) is 9.69 Å².